The second-order valence-corrected chi connectivity index (χ2v) is 6.00. The Morgan fingerprint density at radius 1 is 1.04 bits per heavy atom. The lowest BCUT2D eigenvalue weighted by molar-refractivity contribution is 0.415. The highest BCUT2D eigenvalue weighted by Gasteiger charge is 2.28. The van der Waals surface area contributed by atoms with Crippen molar-refractivity contribution in [1.29, 1.82) is 0 Å². The Morgan fingerprint density at radius 3 is 2.50 bits per heavy atom. The van der Waals surface area contributed by atoms with Crippen LogP contribution in [0.4, 0.5) is 5.88 Å². The van der Waals surface area contributed by atoms with Crippen molar-refractivity contribution in [3.63, 3.8) is 0 Å². The van der Waals surface area contributed by atoms with E-state index in [1.165, 1.54) is 0 Å². The average Bonchev–Trinajstić information content (AvgIpc) is 3.38. The number of nitrogens with one attached hydrogen (secondary N) is 1. The molecule has 0 amide bonds. The molecule has 1 aromatic heterocycles. The molecule has 1 aliphatic rings. The molecule has 0 spiro atoms. The molecule has 0 unspecified atom stereocenters. The fourth-order valence-electron chi connectivity index (χ4n) is 2.77. The lowest BCUT2D eigenvalue weighted by Gasteiger charge is -2.06. The minimum absolute atomic E-state index is 0.151. The number of rotatable bonds is 5. The Labute approximate surface area is 140 Å². The number of methoxy groups -OCH3 is 1. The molecule has 1 aliphatic carbocycles. The van der Waals surface area contributed by atoms with Gasteiger partial charge in [-0.3, -0.25) is 0 Å². The first kappa shape index (κ1) is 14.7. The molecule has 0 atom stereocenters. The molecule has 4 heteroatoms. The molecule has 122 valence electrons. The molecule has 0 radical (unpaired) electrons. The van der Waals surface area contributed by atoms with E-state index in [1.807, 2.05) is 54.6 Å². The smallest absolute Gasteiger partial charge is 0.205 e. The highest BCUT2D eigenvalue weighted by atomic mass is 16.5. The molecule has 0 saturated heterocycles. The first-order chi connectivity index (χ1) is 11.8. The maximum absolute atomic E-state index is 10.8. The van der Waals surface area contributed by atoms with Gasteiger partial charge < -0.3 is 19.6 Å². The molecule has 3 aromatic rings. The lowest BCUT2D eigenvalue weighted by atomic mass is 10.0. The van der Waals surface area contributed by atoms with Crippen molar-refractivity contribution in [3.05, 3.63) is 54.6 Å². The summed E-state index contributed by atoms with van der Waals surface area (Å²) >= 11 is 0. The van der Waals surface area contributed by atoms with Gasteiger partial charge in [0.1, 0.15) is 5.75 Å². The van der Waals surface area contributed by atoms with E-state index < -0.39 is 0 Å². The van der Waals surface area contributed by atoms with Crippen LogP contribution in [0.5, 0.6) is 11.5 Å². The number of ether oxygens (including phenoxy) is 1. The minimum atomic E-state index is 0.151. The molecule has 0 aliphatic heterocycles. The third-order valence-corrected chi connectivity index (χ3v) is 4.19. The summed E-state index contributed by atoms with van der Waals surface area (Å²) in [5, 5.41) is 14.2. The second kappa shape index (κ2) is 5.96. The van der Waals surface area contributed by atoms with Gasteiger partial charge >= 0.3 is 0 Å². The van der Waals surface area contributed by atoms with Crippen LogP contribution >= 0.6 is 0 Å². The summed E-state index contributed by atoms with van der Waals surface area (Å²) < 4.78 is 11.3. The molecule has 4 rings (SSSR count). The van der Waals surface area contributed by atoms with Crippen LogP contribution in [0.3, 0.4) is 0 Å². The summed E-state index contributed by atoms with van der Waals surface area (Å²) in [5.41, 5.74) is 2.39. The van der Waals surface area contributed by atoms with Crippen molar-refractivity contribution < 1.29 is 14.3 Å². The highest BCUT2D eigenvalue weighted by molar-refractivity contribution is 5.87. The second-order valence-electron chi connectivity index (χ2n) is 6.00. The van der Waals surface area contributed by atoms with E-state index in [-0.39, 0.29) is 5.75 Å². The summed E-state index contributed by atoms with van der Waals surface area (Å²) in [5.74, 6) is 1.99. The van der Waals surface area contributed by atoms with Gasteiger partial charge in [0.25, 0.3) is 0 Å². The van der Waals surface area contributed by atoms with Crippen molar-refractivity contribution in [2.24, 2.45) is 0 Å². The van der Waals surface area contributed by atoms with Gasteiger partial charge in [-0.1, -0.05) is 42.5 Å². The van der Waals surface area contributed by atoms with E-state index in [1.54, 1.807) is 7.11 Å². The van der Waals surface area contributed by atoms with Crippen LogP contribution in [0.1, 0.15) is 12.8 Å². The Balaban J connectivity index is 1.85. The fraction of sp³-hybridized carbons (Fsp3) is 0.200. The van der Waals surface area contributed by atoms with Gasteiger partial charge in [0, 0.05) is 11.6 Å². The zero-order chi connectivity index (χ0) is 16.5. The van der Waals surface area contributed by atoms with E-state index >= 15 is 0 Å². The molecule has 1 saturated carbocycles. The van der Waals surface area contributed by atoms with E-state index in [4.69, 9.17) is 9.15 Å². The molecule has 2 aromatic carbocycles. The largest absolute Gasteiger partial charge is 0.504 e. The van der Waals surface area contributed by atoms with Crippen molar-refractivity contribution >= 4 is 5.88 Å². The van der Waals surface area contributed by atoms with Gasteiger partial charge in [0.2, 0.25) is 5.88 Å². The zero-order valence-electron chi connectivity index (χ0n) is 13.5. The SMILES string of the molecule is COc1cccc(-c2c(NC3CC3)oc(-c3ccccc3)c2O)c1. The quantitative estimate of drug-likeness (QED) is 0.701. The molecular formula is C20H19NO3. The monoisotopic (exact) mass is 321 g/mol. The zero-order valence-corrected chi connectivity index (χ0v) is 13.5. The Hall–Kier alpha value is -2.88. The molecule has 4 nitrogen and oxygen atoms in total. The number of hydrogen-bond donors (Lipinski definition) is 2. The summed E-state index contributed by atoms with van der Waals surface area (Å²) in [6.07, 6.45) is 2.25. The molecule has 0 bridgehead atoms. The van der Waals surface area contributed by atoms with Crippen LogP contribution < -0.4 is 10.1 Å². The third kappa shape index (κ3) is 2.71. The summed E-state index contributed by atoms with van der Waals surface area (Å²) in [7, 11) is 1.63. The van der Waals surface area contributed by atoms with E-state index in [0.717, 1.165) is 29.7 Å². The molecule has 2 N–H and O–H groups in total. The number of aromatic hydroxyl groups is 1. The molecular weight excluding hydrogens is 302 g/mol. The van der Waals surface area contributed by atoms with Crippen molar-refractivity contribution in [2.75, 3.05) is 12.4 Å². The van der Waals surface area contributed by atoms with Crippen LogP contribution in [0, 0.1) is 0 Å². The summed E-state index contributed by atoms with van der Waals surface area (Å²) in [6, 6.07) is 17.7. The highest BCUT2D eigenvalue weighted by Crippen LogP contribution is 2.47. The van der Waals surface area contributed by atoms with Crippen LogP contribution in [0.15, 0.2) is 59.0 Å². The first-order valence-corrected chi connectivity index (χ1v) is 8.08. The van der Waals surface area contributed by atoms with Crippen LogP contribution in [0.25, 0.3) is 22.5 Å². The average molecular weight is 321 g/mol. The Bertz CT molecular complexity index is 851. The minimum Gasteiger partial charge on any atom is -0.504 e. The summed E-state index contributed by atoms with van der Waals surface area (Å²) in [4.78, 5) is 0. The lowest BCUT2D eigenvalue weighted by Crippen LogP contribution is -2.00. The van der Waals surface area contributed by atoms with Gasteiger partial charge in [0.15, 0.2) is 11.5 Å². The fourth-order valence-corrected chi connectivity index (χ4v) is 2.77. The van der Waals surface area contributed by atoms with Crippen LogP contribution in [0.2, 0.25) is 0 Å². The molecule has 24 heavy (non-hydrogen) atoms. The van der Waals surface area contributed by atoms with Crippen molar-refractivity contribution in [2.45, 2.75) is 18.9 Å². The van der Waals surface area contributed by atoms with Gasteiger partial charge in [-0.2, -0.15) is 0 Å². The number of hydrogen-bond acceptors (Lipinski definition) is 4. The van der Waals surface area contributed by atoms with Crippen molar-refractivity contribution in [3.8, 4) is 33.9 Å². The topological polar surface area (TPSA) is 54.6 Å². The standard InChI is InChI=1S/C20H19NO3/c1-23-16-9-5-8-14(12-16)17-18(22)19(13-6-3-2-4-7-13)24-20(17)21-15-10-11-15/h2-9,12,15,21-22H,10-11H2,1H3. The Kier molecular flexibility index (Phi) is 3.65. The van der Waals surface area contributed by atoms with E-state index in [2.05, 4.69) is 5.32 Å². The van der Waals surface area contributed by atoms with Gasteiger partial charge in [-0.05, 0) is 30.5 Å². The number of benzene rings is 2. The Morgan fingerprint density at radius 2 is 1.79 bits per heavy atom. The number of anilines is 1. The first-order valence-electron chi connectivity index (χ1n) is 8.08. The molecule has 1 fully saturated rings. The third-order valence-electron chi connectivity index (χ3n) is 4.19. The van der Waals surface area contributed by atoms with Crippen molar-refractivity contribution in [1.82, 2.24) is 0 Å². The van der Waals surface area contributed by atoms with E-state index in [0.29, 0.717) is 23.2 Å². The predicted octanol–water partition coefficient (Wildman–Crippen LogP) is 4.90. The van der Waals surface area contributed by atoms with Gasteiger partial charge in [0.05, 0.1) is 12.7 Å². The van der Waals surface area contributed by atoms with E-state index in [9.17, 15) is 5.11 Å². The van der Waals surface area contributed by atoms with Gasteiger partial charge in [-0.25, -0.2) is 0 Å². The van der Waals surface area contributed by atoms with Gasteiger partial charge in [-0.15, -0.1) is 0 Å². The molecule has 1 heterocycles. The predicted molar refractivity (Wildman–Crippen MR) is 94.4 cm³/mol. The van der Waals surface area contributed by atoms with Crippen LogP contribution in [-0.4, -0.2) is 18.3 Å². The number of furan rings is 1. The summed E-state index contributed by atoms with van der Waals surface area (Å²) in [6.45, 7) is 0. The maximum atomic E-state index is 10.8. The maximum Gasteiger partial charge on any atom is 0.205 e. The van der Waals surface area contributed by atoms with Crippen LogP contribution in [-0.2, 0) is 0 Å². The normalized spacial score (nSPS) is 13.7.